The van der Waals surface area contributed by atoms with Gasteiger partial charge in [0.05, 0.1) is 11.5 Å². The average molecular weight is 241 g/mol. The summed E-state index contributed by atoms with van der Waals surface area (Å²) in [5, 5.41) is 10.5. The van der Waals surface area contributed by atoms with Gasteiger partial charge in [0.25, 0.3) is 5.69 Å². The lowest BCUT2D eigenvalue weighted by molar-refractivity contribution is -0.384. The minimum absolute atomic E-state index is 0.0899. The smallest absolute Gasteiger partial charge is 0.269 e. The van der Waals surface area contributed by atoms with Crippen molar-refractivity contribution < 1.29 is 9.66 Å². The Kier molecular flexibility index (Phi) is 4.61. The van der Waals surface area contributed by atoms with Crippen LogP contribution in [0.2, 0.25) is 0 Å². The van der Waals surface area contributed by atoms with Gasteiger partial charge in [-0.2, -0.15) is 12.6 Å². The van der Waals surface area contributed by atoms with Crippen LogP contribution in [0.5, 0.6) is 5.75 Å². The molecule has 1 aromatic rings. The van der Waals surface area contributed by atoms with Gasteiger partial charge in [0.15, 0.2) is 0 Å². The van der Waals surface area contributed by atoms with Gasteiger partial charge < -0.3 is 4.74 Å². The second-order valence-electron chi connectivity index (χ2n) is 3.81. The van der Waals surface area contributed by atoms with E-state index in [1.807, 2.05) is 6.92 Å². The molecular formula is C11H15NO3S. The Labute approximate surface area is 100 Å². The number of hydrogen-bond donors (Lipinski definition) is 1. The first-order valence-electron chi connectivity index (χ1n) is 5.03. The molecule has 0 N–H and O–H groups in total. The first kappa shape index (κ1) is 12.8. The first-order chi connectivity index (χ1) is 7.54. The SMILES string of the molecule is Cc1cc([N+](=O)[O-])ccc1OCC(C)CS. The van der Waals surface area contributed by atoms with E-state index in [0.717, 1.165) is 11.3 Å². The highest BCUT2D eigenvalue weighted by atomic mass is 32.1. The van der Waals surface area contributed by atoms with Gasteiger partial charge in [-0.3, -0.25) is 10.1 Å². The van der Waals surface area contributed by atoms with Crippen LogP contribution in [0.25, 0.3) is 0 Å². The van der Waals surface area contributed by atoms with Crippen molar-refractivity contribution in [3.8, 4) is 5.75 Å². The molecule has 0 radical (unpaired) electrons. The fraction of sp³-hybridized carbons (Fsp3) is 0.455. The maximum Gasteiger partial charge on any atom is 0.269 e. The van der Waals surface area contributed by atoms with Gasteiger partial charge in [-0.25, -0.2) is 0 Å². The summed E-state index contributed by atoms with van der Waals surface area (Å²) >= 11 is 4.16. The Morgan fingerprint density at radius 3 is 2.75 bits per heavy atom. The molecule has 1 rings (SSSR count). The van der Waals surface area contributed by atoms with Crippen molar-refractivity contribution in [2.24, 2.45) is 5.92 Å². The molecule has 0 heterocycles. The normalized spacial score (nSPS) is 12.2. The Balaban J connectivity index is 2.72. The van der Waals surface area contributed by atoms with E-state index in [2.05, 4.69) is 12.6 Å². The number of nitro benzene ring substituents is 1. The van der Waals surface area contributed by atoms with Crippen LogP contribution in [0.3, 0.4) is 0 Å². The van der Waals surface area contributed by atoms with Crippen LogP contribution in [-0.2, 0) is 0 Å². The number of ether oxygens (including phenoxy) is 1. The standard InChI is InChI=1S/C11H15NO3S/c1-8(7-16)6-15-11-4-3-10(12(13)14)5-9(11)2/h3-5,8,16H,6-7H2,1-2H3. The van der Waals surface area contributed by atoms with Crippen molar-refractivity contribution in [3.63, 3.8) is 0 Å². The molecule has 0 spiro atoms. The predicted molar refractivity (Wildman–Crippen MR) is 66.3 cm³/mol. The van der Waals surface area contributed by atoms with Gasteiger partial charge >= 0.3 is 0 Å². The monoisotopic (exact) mass is 241 g/mol. The topological polar surface area (TPSA) is 52.4 Å². The third-order valence-electron chi connectivity index (χ3n) is 2.20. The highest BCUT2D eigenvalue weighted by Crippen LogP contribution is 2.23. The van der Waals surface area contributed by atoms with Crippen LogP contribution < -0.4 is 4.74 Å². The number of nitrogens with zero attached hydrogens (tertiary/aromatic N) is 1. The van der Waals surface area contributed by atoms with Gasteiger partial charge in [0, 0.05) is 12.1 Å². The predicted octanol–water partition coefficient (Wildman–Crippen LogP) is 2.85. The molecular weight excluding hydrogens is 226 g/mol. The molecule has 0 amide bonds. The number of nitro groups is 1. The average Bonchev–Trinajstić information content (AvgIpc) is 2.26. The van der Waals surface area contributed by atoms with E-state index in [-0.39, 0.29) is 5.69 Å². The molecule has 1 unspecified atom stereocenters. The third kappa shape index (κ3) is 3.41. The molecule has 5 heteroatoms. The Morgan fingerprint density at radius 1 is 1.56 bits per heavy atom. The molecule has 1 atom stereocenters. The molecule has 0 saturated carbocycles. The van der Waals surface area contributed by atoms with Crippen LogP contribution in [0, 0.1) is 23.0 Å². The lowest BCUT2D eigenvalue weighted by atomic mass is 10.2. The van der Waals surface area contributed by atoms with Crippen molar-refractivity contribution in [2.75, 3.05) is 12.4 Å². The lowest BCUT2D eigenvalue weighted by Crippen LogP contribution is -2.10. The van der Waals surface area contributed by atoms with Crippen molar-refractivity contribution in [3.05, 3.63) is 33.9 Å². The molecule has 88 valence electrons. The number of non-ortho nitro benzene ring substituents is 1. The summed E-state index contributed by atoms with van der Waals surface area (Å²) in [5.74, 6) is 1.81. The molecule has 0 aromatic heterocycles. The molecule has 0 fully saturated rings. The third-order valence-corrected chi connectivity index (χ3v) is 2.83. The summed E-state index contributed by atoms with van der Waals surface area (Å²) in [5.41, 5.74) is 0.868. The molecule has 16 heavy (non-hydrogen) atoms. The molecule has 1 aromatic carbocycles. The Hall–Kier alpha value is -1.23. The molecule has 0 saturated heterocycles. The quantitative estimate of drug-likeness (QED) is 0.490. The van der Waals surface area contributed by atoms with E-state index >= 15 is 0 Å². The Bertz CT molecular complexity index is 381. The summed E-state index contributed by atoms with van der Waals surface area (Å²) in [7, 11) is 0. The first-order valence-corrected chi connectivity index (χ1v) is 5.66. The van der Waals surface area contributed by atoms with Crippen molar-refractivity contribution in [2.45, 2.75) is 13.8 Å². The number of thiol groups is 1. The fourth-order valence-electron chi connectivity index (χ4n) is 1.19. The van der Waals surface area contributed by atoms with E-state index < -0.39 is 4.92 Å². The molecule has 0 aliphatic heterocycles. The number of aryl methyl sites for hydroxylation is 1. The zero-order chi connectivity index (χ0) is 12.1. The second kappa shape index (κ2) is 5.75. The van der Waals surface area contributed by atoms with Crippen LogP contribution in [0.15, 0.2) is 18.2 Å². The Morgan fingerprint density at radius 2 is 2.25 bits per heavy atom. The minimum Gasteiger partial charge on any atom is -0.493 e. The van der Waals surface area contributed by atoms with Gasteiger partial charge in [-0.05, 0) is 30.2 Å². The van der Waals surface area contributed by atoms with E-state index in [4.69, 9.17) is 4.74 Å². The van der Waals surface area contributed by atoms with Gasteiger partial charge in [-0.15, -0.1) is 0 Å². The van der Waals surface area contributed by atoms with Crippen LogP contribution in [0.4, 0.5) is 5.69 Å². The van der Waals surface area contributed by atoms with E-state index in [0.29, 0.717) is 18.3 Å². The number of rotatable bonds is 5. The minimum atomic E-state index is -0.410. The zero-order valence-electron chi connectivity index (χ0n) is 9.34. The number of benzene rings is 1. The van der Waals surface area contributed by atoms with Gasteiger partial charge in [0.2, 0.25) is 0 Å². The highest BCUT2D eigenvalue weighted by molar-refractivity contribution is 7.80. The highest BCUT2D eigenvalue weighted by Gasteiger charge is 2.09. The van der Waals surface area contributed by atoms with E-state index in [1.54, 1.807) is 13.0 Å². The van der Waals surface area contributed by atoms with Gasteiger partial charge in [0.1, 0.15) is 5.75 Å². The van der Waals surface area contributed by atoms with Crippen molar-refractivity contribution in [1.82, 2.24) is 0 Å². The van der Waals surface area contributed by atoms with Crippen molar-refractivity contribution in [1.29, 1.82) is 0 Å². The molecule has 0 aliphatic carbocycles. The zero-order valence-corrected chi connectivity index (χ0v) is 10.2. The van der Waals surface area contributed by atoms with Crippen LogP contribution in [0.1, 0.15) is 12.5 Å². The summed E-state index contributed by atoms with van der Waals surface area (Å²) in [6, 6.07) is 4.60. The lowest BCUT2D eigenvalue weighted by Gasteiger charge is -2.12. The molecule has 0 bridgehead atoms. The summed E-state index contributed by atoms with van der Waals surface area (Å²) < 4.78 is 5.55. The van der Waals surface area contributed by atoms with Crippen molar-refractivity contribution >= 4 is 18.3 Å². The maximum absolute atomic E-state index is 10.5. The van der Waals surface area contributed by atoms with Crippen LogP contribution in [-0.4, -0.2) is 17.3 Å². The summed E-state index contributed by atoms with van der Waals surface area (Å²) in [4.78, 5) is 10.1. The molecule has 0 aliphatic rings. The van der Waals surface area contributed by atoms with E-state index in [9.17, 15) is 10.1 Å². The number of hydrogen-bond acceptors (Lipinski definition) is 4. The second-order valence-corrected chi connectivity index (χ2v) is 4.17. The largest absolute Gasteiger partial charge is 0.493 e. The van der Waals surface area contributed by atoms with E-state index in [1.165, 1.54) is 12.1 Å². The maximum atomic E-state index is 10.5. The molecule has 4 nitrogen and oxygen atoms in total. The van der Waals surface area contributed by atoms with Crippen LogP contribution >= 0.6 is 12.6 Å². The fourth-order valence-corrected chi connectivity index (χ4v) is 1.30. The van der Waals surface area contributed by atoms with Gasteiger partial charge in [-0.1, -0.05) is 6.92 Å². The summed E-state index contributed by atoms with van der Waals surface area (Å²) in [6.45, 7) is 4.41. The summed E-state index contributed by atoms with van der Waals surface area (Å²) in [6.07, 6.45) is 0.